The predicted molar refractivity (Wildman–Crippen MR) is 33.2 cm³/mol. The van der Waals surface area contributed by atoms with Crippen molar-refractivity contribution in [1.29, 1.82) is 0 Å². The number of rotatable bonds is 2. The van der Waals surface area contributed by atoms with Crippen molar-refractivity contribution in [2.75, 3.05) is 0 Å². The fourth-order valence-electron chi connectivity index (χ4n) is 0.634. The Kier molecular flexibility index (Phi) is 2.40. The van der Waals surface area contributed by atoms with Crippen LogP contribution >= 0.6 is 0 Å². The van der Waals surface area contributed by atoms with Gasteiger partial charge in [-0.3, -0.25) is 0 Å². The molecule has 0 unspecified atom stereocenters. The van der Waals surface area contributed by atoms with Gasteiger partial charge in [-0.05, 0) is 0 Å². The molecule has 0 bridgehead atoms. The summed E-state index contributed by atoms with van der Waals surface area (Å²) in [5, 5.41) is 16.7. The Bertz CT molecular complexity index is 224. The summed E-state index contributed by atoms with van der Waals surface area (Å²) in [7, 11) is 0. The molecule has 8 heteroatoms. The third-order valence-corrected chi connectivity index (χ3v) is 1.86. The number of hydrogen-bond acceptors (Lipinski definition) is 5. The quantitative estimate of drug-likeness (QED) is 0.554. The van der Waals surface area contributed by atoms with Crippen molar-refractivity contribution < 1.29 is 32.4 Å². The molecule has 12 heavy (non-hydrogen) atoms. The minimum atomic E-state index is -2.29. The van der Waals surface area contributed by atoms with E-state index in [0.717, 1.165) is 0 Å². The molecular formula is C4H4O7S. The molecule has 1 heterocycles. The van der Waals surface area contributed by atoms with Gasteiger partial charge in [0.05, 0.1) is 0 Å². The molecule has 0 spiro atoms. The summed E-state index contributed by atoms with van der Waals surface area (Å²) in [5.41, 5.74) is 0. The Morgan fingerprint density at radius 1 is 1.08 bits per heavy atom. The van der Waals surface area contributed by atoms with Crippen LogP contribution in [0.4, 0.5) is 0 Å². The first-order valence-corrected chi connectivity index (χ1v) is 3.74. The van der Waals surface area contributed by atoms with E-state index in [1.165, 1.54) is 0 Å². The van der Waals surface area contributed by atoms with Gasteiger partial charge in [0.1, 0.15) is 0 Å². The first-order chi connectivity index (χ1) is 5.52. The number of carbonyl (C=O) groups is 2. The van der Waals surface area contributed by atoms with Crippen LogP contribution in [0, 0.1) is 0 Å². The first-order valence-electron chi connectivity index (χ1n) is 2.74. The van der Waals surface area contributed by atoms with Crippen LogP contribution < -0.4 is 0 Å². The normalized spacial score (nSPS) is 30.3. The van der Waals surface area contributed by atoms with Crippen molar-refractivity contribution in [2.24, 2.45) is 0 Å². The predicted octanol–water partition coefficient (Wildman–Crippen LogP) is -1.48. The smallest absolute Gasteiger partial charge is 0.337 e. The maximum absolute atomic E-state index is 10.4. The summed E-state index contributed by atoms with van der Waals surface area (Å²) in [6, 6.07) is 0. The maximum Gasteiger partial charge on any atom is 0.337 e. The zero-order chi connectivity index (χ0) is 9.30. The summed E-state index contributed by atoms with van der Waals surface area (Å²) in [6.45, 7) is 0. The molecule has 2 N–H and O–H groups in total. The van der Waals surface area contributed by atoms with Gasteiger partial charge < -0.3 is 10.2 Å². The number of carboxylic acids is 2. The van der Waals surface area contributed by atoms with Crippen molar-refractivity contribution in [3.8, 4) is 0 Å². The van der Waals surface area contributed by atoms with Gasteiger partial charge in [-0.25, -0.2) is 18.0 Å². The van der Waals surface area contributed by atoms with E-state index in [0.29, 0.717) is 0 Å². The minimum Gasteiger partial charge on any atom is -0.479 e. The van der Waals surface area contributed by atoms with Crippen LogP contribution in [0.5, 0.6) is 0 Å². The maximum atomic E-state index is 10.4. The van der Waals surface area contributed by atoms with Gasteiger partial charge in [-0.15, -0.1) is 0 Å². The monoisotopic (exact) mass is 196 g/mol. The minimum absolute atomic E-state index is 1.52. The molecule has 2 atom stereocenters. The molecule has 0 radical (unpaired) electrons. The molecule has 1 saturated heterocycles. The van der Waals surface area contributed by atoms with E-state index in [1.807, 2.05) is 0 Å². The standard InChI is InChI=1S/C4H4O7S/c5-3(6)1-2(4(7)8)11-12(9)10-1/h1-2H,(H,5,6)(H,7,8)/t1-,2-/m0/s1. The lowest BCUT2D eigenvalue weighted by Gasteiger charge is -2.04. The largest absolute Gasteiger partial charge is 0.479 e. The molecule has 68 valence electrons. The molecule has 1 fully saturated rings. The van der Waals surface area contributed by atoms with Crippen LogP contribution in [0.15, 0.2) is 0 Å². The molecule has 1 aliphatic rings. The van der Waals surface area contributed by atoms with Crippen molar-refractivity contribution in [2.45, 2.75) is 12.2 Å². The fourth-order valence-corrected chi connectivity index (χ4v) is 1.38. The molecular weight excluding hydrogens is 192 g/mol. The number of carboxylic acid groups (broad SMARTS) is 2. The third-order valence-electron chi connectivity index (χ3n) is 1.13. The Morgan fingerprint density at radius 3 is 1.67 bits per heavy atom. The second-order valence-electron chi connectivity index (χ2n) is 1.91. The Labute approximate surface area is 68.8 Å². The summed E-state index contributed by atoms with van der Waals surface area (Å²) in [6.07, 6.45) is -3.41. The molecule has 7 nitrogen and oxygen atoms in total. The van der Waals surface area contributed by atoms with E-state index in [9.17, 15) is 13.8 Å². The van der Waals surface area contributed by atoms with Crippen LogP contribution in [0.3, 0.4) is 0 Å². The molecule has 0 aliphatic carbocycles. The Morgan fingerprint density at radius 2 is 1.42 bits per heavy atom. The lowest BCUT2D eigenvalue weighted by Crippen LogP contribution is -2.36. The molecule has 0 saturated carbocycles. The highest BCUT2D eigenvalue weighted by Crippen LogP contribution is 2.17. The SMILES string of the molecule is O=C(O)[C@H]1OS(=O)O[C@@H]1C(=O)O. The molecule has 1 rings (SSSR count). The Hall–Kier alpha value is -0.990. The second kappa shape index (κ2) is 3.17. The lowest BCUT2D eigenvalue weighted by molar-refractivity contribution is -0.156. The zero-order valence-electron chi connectivity index (χ0n) is 5.50. The van der Waals surface area contributed by atoms with Crippen LogP contribution in [-0.2, 0) is 29.3 Å². The third kappa shape index (κ3) is 1.60. The molecule has 0 aromatic rings. The van der Waals surface area contributed by atoms with E-state index < -0.39 is 35.5 Å². The van der Waals surface area contributed by atoms with E-state index in [4.69, 9.17) is 10.2 Å². The van der Waals surface area contributed by atoms with Gasteiger partial charge in [0.2, 0.25) is 12.2 Å². The topological polar surface area (TPSA) is 110 Å². The number of hydrogen-bond donors (Lipinski definition) is 2. The second-order valence-corrected chi connectivity index (χ2v) is 2.71. The Balaban J connectivity index is 2.79. The summed E-state index contributed by atoms with van der Waals surface area (Å²) in [4.78, 5) is 20.5. The van der Waals surface area contributed by atoms with Crippen LogP contribution in [0.1, 0.15) is 0 Å². The average molecular weight is 196 g/mol. The first kappa shape index (κ1) is 9.10. The van der Waals surface area contributed by atoms with Gasteiger partial charge in [0.25, 0.3) is 0 Å². The zero-order valence-corrected chi connectivity index (χ0v) is 6.32. The van der Waals surface area contributed by atoms with Crippen molar-refractivity contribution in [3.63, 3.8) is 0 Å². The van der Waals surface area contributed by atoms with E-state index >= 15 is 0 Å². The summed E-state index contributed by atoms with van der Waals surface area (Å²) < 4.78 is 18.7. The molecule has 1 aliphatic heterocycles. The lowest BCUT2D eigenvalue weighted by atomic mass is 10.2. The van der Waals surface area contributed by atoms with Crippen LogP contribution in [-0.4, -0.2) is 38.6 Å². The summed E-state index contributed by atoms with van der Waals surface area (Å²) >= 11 is -2.29. The highest BCUT2D eigenvalue weighted by molar-refractivity contribution is 7.75. The van der Waals surface area contributed by atoms with Gasteiger partial charge >= 0.3 is 23.3 Å². The van der Waals surface area contributed by atoms with Gasteiger partial charge in [0, 0.05) is 0 Å². The van der Waals surface area contributed by atoms with Crippen LogP contribution in [0.2, 0.25) is 0 Å². The van der Waals surface area contributed by atoms with Gasteiger partial charge in [0.15, 0.2) is 0 Å². The van der Waals surface area contributed by atoms with Gasteiger partial charge in [-0.1, -0.05) is 0 Å². The average Bonchev–Trinajstić information content (AvgIpc) is 2.31. The van der Waals surface area contributed by atoms with Crippen LogP contribution in [0.25, 0.3) is 0 Å². The molecule has 0 aromatic heterocycles. The fraction of sp³-hybridized carbons (Fsp3) is 0.500. The van der Waals surface area contributed by atoms with Crippen molar-refractivity contribution in [1.82, 2.24) is 0 Å². The van der Waals surface area contributed by atoms with E-state index in [2.05, 4.69) is 8.37 Å². The number of aliphatic carboxylic acids is 2. The molecule has 0 amide bonds. The molecule has 0 aromatic carbocycles. The highest BCUT2D eigenvalue weighted by atomic mass is 32.2. The highest BCUT2D eigenvalue weighted by Gasteiger charge is 2.45. The van der Waals surface area contributed by atoms with E-state index in [1.54, 1.807) is 0 Å². The van der Waals surface area contributed by atoms with Crippen molar-refractivity contribution >= 4 is 23.3 Å². The van der Waals surface area contributed by atoms with Gasteiger partial charge in [-0.2, -0.15) is 4.21 Å². The van der Waals surface area contributed by atoms with Crippen molar-refractivity contribution in [3.05, 3.63) is 0 Å². The summed E-state index contributed by atoms with van der Waals surface area (Å²) in [5.74, 6) is -3.04. The van der Waals surface area contributed by atoms with E-state index in [-0.39, 0.29) is 0 Å².